The standard InChI is InChI=1S/C22H30O14S2/c1-9(23)31-15-7-29-21(19(35-13(5)27)17(15)33-11(3)25)37-38-22-20(36-14(6)28)18(34-12(4)26)16(8-30-22)32-10(2)24/h15-22H,7-8H2,1-6H3/t15-,16+,17-,18-,19-,20-,21-,22+/m1/s1. The van der Waals surface area contributed by atoms with E-state index >= 15 is 0 Å². The van der Waals surface area contributed by atoms with Gasteiger partial charge in [0.1, 0.15) is 0 Å². The molecule has 2 rings (SSSR count). The summed E-state index contributed by atoms with van der Waals surface area (Å²) in [4.78, 5) is 70.3. The molecule has 0 saturated carbocycles. The van der Waals surface area contributed by atoms with Gasteiger partial charge in [0.25, 0.3) is 0 Å². The fourth-order valence-corrected chi connectivity index (χ4v) is 6.47. The molecule has 0 aliphatic carbocycles. The Morgan fingerprint density at radius 1 is 0.474 bits per heavy atom. The number of hydrogen-bond acceptors (Lipinski definition) is 16. The first kappa shape index (κ1) is 31.7. The zero-order chi connectivity index (χ0) is 28.6. The minimum Gasteiger partial charge on any atom is -0.456 e. The molecule has 2 fully saturated rings. The molecule has 0 spiro atoms. The van der Waals surface area contributed by atoms with E-state index in [4.69, 9.17) is 37.9 Å². The van der Waals surface area contributed by atoms with Crippen LogP contribution in [0.25, 0.3) is 0 Å². The van der Waals surface area contributed by atoms with Crippen molar-refractivity contribution in [2.75, 3.05) is 13.2 Å². The number of hydrogen-bond donors (Lipinski definition) is 0. The summed E-state index contributed by atoms with van der Waals surface area (Å²) in [5.41, 5.74) is -1.92. The van der Waals surface area contributed by atoms with Gasteiger partial charge in [-0.1, -0.05) is 21.6 Å². The molecule has 0 aromatic carbocycles. The minimum atomic E-state index is -1.19. The highest BCUT2D eigenvalue weighted by Crippen LogP contribution is 2.43. The Balaban J connectivity index is 2.27. The Kier molecular flexibility index (Phi) is 12.1. The van der Waals surface area contributed by atoms with Crippen molar-refractivity contribution < 1.29 is 66.7 Å². The molecule has 0 amide bonds. The third-order valence-electron chi connectivity index (χ3n) is 4.85. The molecule has 0 bridgehead atoms. The Morgan fingerprint density at radius 2 is 0.737 bits per heavy atom. The lowest BCUT2D eigenvalue weighted by Crippen LogP contribution is -2.57. The summed E-state index contributed by atoms with van der Waals surface area (Å²) in [5, 5.41) is 0. The van der Waals surface area contributed by atoms with Crippen LogP contribution in [0.5, 0.6) is 0 Å². The predicted molar refractivity (Wildman–Crippen MR) is 128 cm³/mol. The van der Waals surface area contributed by atoms with Crippen LogP contribution >= 0.6 is 21.6 Å². The fourth-order valence-electron chi connectivity index (χ4n) is 3.69. The van der Waals surface area contributed by atoms with E-state index in [1.54, 1.807) is 0 Å². The molecule has 14 nitrogen and oxygen atoms in total. The smallest absolute Gasteiger partial charge is 0.303 e. The van der Waals surface area contributed by atoms with Crippen LogP contribution in [0.1, 0.15) is 41.5 Å². The minimum absolute atomic E-state index is 0.184. The van der Waals surface area contributed by atoms with Gasteiger partial charge in [-0.25, -0.2) is 0 Å². The lowest BCUT2D eigenvalue weighted by Gasteiger charge is -2.42. The first-order valence-corrected chi connectivity index (χ1v) is 13.6. The predicted octanol–water partition coefficient (Wildman–Crippen LogP) is 0.671. The molecule has 2 aliphatic rings. The highest BCUT2D eigenvalue weighted by atomic mass is 33.1. The van der Waals surface area contributed by atoms with Gasteiger partial charge in [-0.15, -0.1) is 0 Å². The fraction of sp³-hybridized carbons (Fsp3) is 0.727. The number of ether oxygens (including phenoxy) is 8. The second-order valence-corrected chi connectivity index (χ2v) is 10.7. The first-order valence-electron chi connectivity index (χ1n) is 11.4. The van der Waals surface area contributed by atoms with Crippen LogP contribution in [0.15, 0.2) is 0 Å². The van der Waals surface area contributed by atoms with Gasteiger partial charge in [-0.3, -0.25) is 28.8 Å². The topological polar surface area (TPSA) is 176 Å². The average Bonchev–Trinajstić information content (AvgIpc) is 2.76. The molecule has 2 aliphatic heterocycles. The monoisotopic (exact) mass is 582 g/mol. The summed E-state index contributed by atoms with van der Waals surface area (Å²) < 4.78 is 43.3. The second kappa shape index (κ2) is 14.6. The number of carbonyl (C=O) groups excluding carboxylic acids is 6. The van der Waals surface area contributed by atoms with E-state index in [0.717, 1.165) is 49.3 Å². The molecule has 8 atom stereocenters. The number of esters is 6. The number of rotatable bonds is 9. The van der Waals surface area contributed by atoms with Gasteiger partial charge in [-0.2, -0.15) is 0 Å². The summed E-state index contributed by atoms with van der Waals surface area (Å²) in [6, 6.07) is 0. The molecule has 0 unspecified atom stereocenters. The molecule has 2 saturated heterocycles. The van der Waals surface area contributed by atoms with Crippen LogP contribution in [0, 0.1) is 0 Å². The van der Waals surface area contributed by atoms with E-state index in [2.05, 4.69) is 0 Å². The van der Waals surface area contributed by atoms with Gasteiger partial charge in [0.15, 0.2) is 47.5 Å². The van der Waals surface area contributed by atoms with E-state index in [1.807, 2.05) is 0 Å². The summed E-state index contributed by atoms with van der Waals surface area (Å²) >= 11 is 0. The lowest BCUT2D eigenvalue weighted by atomic mass is 10.1. The van der Waals surface area contributed by atoms with Crippen molar-refractivity contribution in [2.45, 2.75) is 89.0 Å². The van der Waals surface area contributed by atoms with Crippen molar-refractivity contribution in [3.8, 4) is 0 Å². The summed E-state index contributed by atoms with van der Waals surface area (Å²) in [7, 11) is 1.99. The maximum Gasteiger partial charge on any atom is 0.303 e. The Morgan fingerprint density at radius 3 is 1.00 bits per heavy atom. The molecule has 0 N–H and O–H groups in total. The van der Waals surface area contributed by atoms with Gasteiger partial charge >= 0.3 is 35.8 Å². The summed E-state index contributed by atoms with van der Waals surface area (Å²) in [6.07, 6.45) is -6.82. The van der Waals surface area contributed by atoms with E-state index in [0.29, 0.717) is 0 Å². The summed E-state index contributed by atoms with van der Waals surface area (Å²) in [5.74, 6) is -4.13. The SMILES string of the molecule is CC(=O)O[C@@H]1[C@H](OC(C)=O)[C@H](OC(C)=O)CO[C@@H]1SS[C@@H]1OC[C@H](OC(C)=O)[C@@H](OC(C)=O)[C@H]1OC(C)=O. The third-order valence-corrected chi connectivity index (χ3v) is 7.63. The highest BCUT2D eigenvalue weighted by molar-refractivity contribution is 8.77. The zero-order valence-electron chi connectivity index (χ0n) is 21.6. The molecule has 214 valence electrons. The van der Waals surface area contributed by atoms with Gasteiger partial charge in [0, 0.05) is 41.5 Å². The molecule has 16 heteroatoms. The van der Waals surface area contributed by atoms with Crippen molar-refractivity contribution in [3.63, 3.8) is 0 Å². The van der Waals surface area contributed by atoms with Crippen molar-refractivity contribution >= 4 is 57.4 Å². The number of carbonyl (C=O) groups is 6. The Labute approximate surface area is 226 Å². The second-order valence-electron chi connectivity index (χ2n) is 8.19. The van der Waals surface area contributed by atoms with Crippen molar-refractivity contribution in [1.29, 1.82) is 0 Å². The molecular formula is C22H30O14S2. The van der Waals surface area contributed by atoms with Crippen LogP contribution in [0.4, 0.5) is 0 Å². The normalized spacial score (nSPS) is 30.8. The van der Waals surface area contributed by atoms with Crippen LogP contribution in [0.2, 0.25) is 0 Å². The van der Waals surface area contributed by atoms with E-state index in [-0.39, 0.29) is 13.2 Å². The van der Waals surface area contributed by atoms with Crippen LogP contribution in [0.3, 0.4) is 0 Å². The average molecular weight is 583 g/mol. The molecule has 0 radical (unpaired) electrons. The molecule has 0 aromatic rings. The van der Waals surface area contributed by atoms with Crippen molar-refractivity contribution in [3.05, 3.63) is 0 Å². The maximum absolute atomic E-state index is 11.9. The van der Waals surface area contributed by atoms with Crippen molar-refractivity contribution in [1.82, 2.24) is 0 Å². The van der Waals surface area contributed by atoms with E-state index < -0.39 is 83.3 Å². The van der Waals surface area contributed by atoms with Gasteiger partial charge in [0.2, 0.25) is 0 Å². The van der Waals surface area contributed by atoms with Crippen LogP contribution < -0.4 is 0 Å². The van der Waals surface area contributed by atoms with Gasteiger partial charge in [0.05, 0.1) is 13.2 Å². The van der Waals surface area contributed by atoms with Gasteiger partial charge < -0.3 is 37.9 Å². The highest BCUT2D eigenvalue weighted by Gasteiger charge is 2.50. The first-order chi connectivity index (χ1) is 17.8. The summed E-state index contributed by atoms with van der Waals surface area (Å²) in [6.45, 7) is 6.56. The zero-order valence-corrected chi connectivity index (χ0v) is 23.2. The van der Waals surface area contributed by atoms with E-state index in [9.17, 15) is 28.8 Å². The molecule has 0 aromatic heterocycles. The Bertz CT molecular complexity index is 838. The lowest BCUT2D eigenvalue weighted by molar-refractivity contribution is -0.213. The largest absolute Gasteiger partial charge is 0.456 e. The van der Waals surface area contributed by atoms with Crippen molar-refractivity contribution in [2.24, 2.45) is 0 Å². The Hall–Kier alpha value is -2.56. The maximum atomic E-state index is 11.9. The van der Waals surface area contributed by atoms with Gasteiger partial charge in [-0.05, 0) is 0 Å². The third kappa shape index (κ3) is 9.63. The molecule has 38 heavy (non-hydrogen) atoms. The quantitative estimate of drug-likeness (QED) is 0.210. The molecule has 2 heterocycles. The van der Waals surface area contributed by atoms with Crippen LogP contribution in [-0.2, 0) is 66.7 Å². The van der Waals surface area contributed by atoms with E-state index in [1.165, 1.54) is 13.8 Å². The molecular weight excluding hydrogens is 552 g/mol. The van der Waals surface area contributed by atoms with Crippen LogP contribution in [-0.4, -0.2) is 96.5 Å².